The van der Waals surface area contributed by atoms with Crippen molar-refractivity contribution in [3.8, 4) is 17.2 Å². The number of hydrogen-bond acceptors (Lipinski definition) is 10. The van der Waals surface area contributed by atoms with Crippen LogP contribution >= 0.6 is 11.3 Å². The standard InChI is InChI=1S/C38H39N3O8S/c1-7-12-27-19-26(20-31(46-8-2)35(27)48-22-25-15-17-28(18-16-25)41(44)45)21-32-36(42)40-34(29-13-10-11-14-30(29)49-23(4)5)33(37(43)47-9-3)24(6)39-38(40)50-32/h7,10-11,13-21,23,34H,1,8-9,12,22H2,2-6H3/b32-21+/t34-/m0/s1. The first-order chi connectivity index (χ1) is 24.1. The summed E-state index contributed by atoms with van der Waals surface area (Å²) in [7, 11) is 0. The maximum atomic E-state index is 14.3. The lowest BCUT2D eigenvalue weighted by molar-refractivity contribution is -0.384. The number of thiazole rings is 1. The predicted molar refractivity (Wildman–Crippen MR) is 192 cm³/mol. The average Bonchev–Trinajstić information content (AvgIpc) is 3.37. The highest BCUT2D eigenvalue weighted by Crippen LogP contribution is 2.37. The molecule has 0 amide bonds. The number of fused-ring (bicyclic) bond motifs is 1. The molecule has 1 atom stereocenters. The Morgan fingerprint density at radius 2 is 1.82 bits per heavy atom. The van der Waals surface area contributed by atoms with Crippen LogP contribution in [0.25, 0.3) is 6.08 Å². The van der Waals surface area contributed by atoms with Crippen molar-refractivity contribution in [1.29, 1.82) is 0 Å². The van der Waals surface area contributed by atoms with Gasteiger partial charge in [0.2, 0.25) is 0 Å². The summed E-state index contributed by atoms with van der Waals surface area (Å²) in [5.41, 5.74) is 3.28. The lowest BCUT2D eigenvalue weighted by Gasteiger charge is -2.26. The zero-order chi connectivity index (χ0) is 35.9. The van der Waals surface area contributed by atoms with E-state index >= 15 is 0 Å². The van der Waals surface area contributed by atoms with E-state index in [1.54, 1.807) is 44.2 Å². The smallest absolute Gasteiger partial charge is 0.338 e. The topological polar surface area (TPSA) is 131 Å². The molecule has 1 aliphatic heterocycles. The van der Waals surface area contributed by atoms with Gasteiger partial charge in [0.25, 0.3) is 11.2 Å². The predicted octanol–water partition coefficient (Wildman–Crippen LogP) is 6.20. The van der Waals surface area contributed by atoms with Crippen LogP contribution in [0.15, 0.2) is 94.4 Å². The zero-order valence-electron chi connectivity index (χ0n) is 28.6. The molecule has 0 N–H and O–H groups in total. The number of carbonyl (C=O) groups is 1. The molecule has 0 spiro atoms. The van der Waals surface area contributed by atoms with Crippen molar-refractivity contribution in [1.82, 2.24) is 4.57 Å². The summed E-state index contributed by atoms with van der Waals surface area (Å²) >= 11 is 1.22. The monoisotopic (exact) mass is 697 g/mol. The van der Waals surface area contributed by atoms with Gasteiger partial charge in [-0.25, -0.2) is 9.79 Å². The molecular weight excluding hydrogens is 658 g/mol. The molecule has 1 aromatic heterocycles. The SMILES string of the molecule is C=CCc1cc(/C=c2/sc3n(c2=O)[C@@H](c2ccccc2OC(C)C)C(C(=O)OCC)=C(C)N=3)cc(OCC)c1OCc1ccc([N+](=O)[O-])cc1. The molecule has 4 aromatic rings. The fourth-order valence-corrected chi connectivity index (χ4v) is 6.72. The molecule has 2 heterocycles. The van der Waals surface area contributed by atoms with Crippen LogP contribution in [0.2, 0.25) is 0 Å². The summed E-state index contributed by atoms with van der Waals surface area (Å²) in [6.07, 6.45) is 3.83. The van der Waals surface area contributed by atoms with E-state index in [-0.39, 0.29) is 36.1 Å². The lowest BCUT2D eigenvalue weighted by atomic mass is 9.95. The van der Waals surface area contributed by atoms with Gasteiger partial charge in [-0.3, -0.25) is 19.5 Å². The molecule has 1 aliphatic rings. The first kappa shape index (κ1) is 35.8. The average molecular weight is 698 g/mol. The first-order valence-corrected chi connectivity index (χ1v) is 17.1. The summed E-state index contributed by atoms with van der Waals surface area (Å²) in [6.45, 7) is 13.8. The quantitative estimate of drug-likeness (QED) is 0.0659. The van der Waals surface area contributed by atoms with Crippen molar-refractivity contribution < 1.29 is 28.7 Å². The van der Waals surface area contributed by atoms with E-state index in [9.17, 15) is 19.7 Å². The Hall–Kier alpha value is -5.49. The highest BCUT2D eigenvalue weighted by Gasteiger charge is 2.35. The lowest BCUT2D eigenvalue weighted by Crippen LogP contribution is -2.40. The molecule has 0 bridgehead atoms. The second-order valence-electron chi connectivity index (χ2n) is 11.7. The number of esters is 1. The van der Waals surface area contributed by atoms with Gasteiger partial charge < -0.3 is 18.9 Å². The molecule has 3 aromatic carbocycles. The van der Waals surface area contributed by atoms with Crippen LogP contribution in [-0.2, 0) is 22.6 Å². The number of aromatic nitrogens is 1. The number of rotatable bonds is 14. The molecule has 260 valence electrons. The van der Waals surface area contributed by atoms with E-state index in [1.165, 1.54) is 28.0 Å². The number of benzene rings is 3. The molecule has 0 radical (unpaired) electrons. The fourth-order valence-electron chi connectivity index (χ4n) is 5.67. The van der Waals surface area contributed by atoms with Gasteiger partial charge in [0.05, 0.1) is 40.0 Å². The van der Waals surface area contributed by atoms with E-state index in [4.69, 9.17) is 23.9 Å². The van der Waals surface area contributed by atoms with Crippen molar-refractivity contribution in [3.63, 3.8) is 0 Å². The first-order valence-electron chi connectivity index (χ1n) is 16.3. The number of para-hydroxylation sites is 1. The van der Waals surface area contributed by atoms with Gasteiger partial charge in [0.1, 0.15) is 18.4 Å². The number of non-ortho nitro benzene ring substituents is 1. The highest BCUT2D eigenvalue weighted by atomic mass is 32.1. The molecule has 0 aliphatic carbocycles. The third-order valence-corrected chi connectivity index (χ3v) is 8.72. The number of hydrogen-bond donors (Lipinski definition) is 0. The maximum Gasteiger partial charge on any atom is 0.338 e. The molecule has 0 unspecified atom stereocenters. The number of ether oxygens (including phenoxy) is 4. The van der Waals surface area contributed by atoms with Crippen LogP contribution < -0.4 is 29.1 Å². The van der Waals surface area contributed by atoms with Crippen LogP contribution in [0.1, 0.15) is 62.9 Å². The molecule has 50 heavy (non-hydrogen) atoms. The largest absolute Gasteiger partial charge is 0.491 e. The molecule has 0 fully saturated rings. The third-order valence-electron chi connectivity index (χ3n) is 7.74. The van der Waals surface area contributed by atoms with Gasteiger partial charge in [-0.2, -0.15) is 0 Å². The van der Waals surface area contributed by atoms with Gasteiger partial charge in [-0.05, 0) is 88.6 Å². The van der Waals surface area contributed by atoms with E-state index in [2.05, 4.69) is 6.58 Å². The number of allylic oxidation sites excluding steroid dienone is 2. The Morgan fingerprint density at radius 1 is 1.08 bits per heavy atom. The van der Waals surface area contributed by atoms with Gasteiger partial charge >= 0.3 is 5.97 Å². The van der Waals surface area contributed by atoms with Crippen molar-refractivity contribution in [2.75, 3.05) is 13.2 Å². The minimum absolute atomic E-state index is 0.00238. The van der Waals surface area contributed by atoms with E-state index < -0.39 is 16.9 Å². The van der Waals surface area contributed by atoms with E-state index in [0.717, 1.165) is 11.1 Å². The van der Waals surface area contributed by atoms with Crippen LogP contribution in [0.3, 0.4) is 0 Å². The van der Waals surface area contributed by atoms with Crippen LogP contribution in [0, 0.1) is 10.1 Å². The van der Waals surface area contributed by atoms with Crippen LogP contribution in [0.5, 0.6) is 17.2 Å². The zero-order valence-corrected chi connectivity index (χ0v) is 29.5. The second kappa shape index (κ2) is 15.8. The minimum Gasteiger partial charge on any atom is -0.491 e. The molecular formula is C38H39N3O8S. The molecule has 11 nitrogen and oxygen atoms in total. The Kier molecular flexibility index (Phi) is 11.3. The van der Waals surface area contributed by atoms with Crippen molar-refractivity contribution in [2.24, 2.45) is 4.99 Å². The Labute approximate surface area is 293 Å². The maximum absolute atomic E-state index is 14.3. The summed E-state index contributed by atoms with van der Waals surface area (Å²) in [4.78, 5) is 43.5. The van der Waals surface area contributed by atoms with Gasteiger partial charge in [-0.15, -0.1) is 6.58 Å². The number of nitro groups is 1. The van der Waals surface area contributed by atoms with Crippen LogP contribution in [0.4, 0.5) is 5.69 Å². The molecule has 0 saturated heterocycles. The summed E-state index contributed by atoms with van der Waals surface area (Å²) in [5, 5.41) is 11.1. The third kappa shape index (κ3) is 7.70. The Bertz CT molecular complexity index is 2130. The molecule has 12 heteroatoms. The molecule has 0 saturated carbocycles. The number of carbonyl (C=O) groups excluding carboxylic acids is 1. The van der Waals surface area contributed by atoms with Crippen molar-refractivity contribution in [3.05, 3.63) is 137 Å². The molecule has 5 rings (SSSR count). The van der Waals surface area contributed by atoms with Crippen molar-refractivity contribution in [2.45, 2.75) is 59.8 Å². The number of nitrogens with zero attached hydrogens (tertiary/aromatic N) is 3. The highest BCUT2D eigenvalue weighted by molar-refractivity contribution is 7.07. The number of nitro benzene ring substituents is 1. The fraction of sp³-hybridized carbons (Fsp3) is 0.289. The Morgan fingerprint density at radius 3 is 2.48 bits per heavy atom. The second-order valence-corrected chi connectivity index (χ2v) is 12.7. The normalized spacial score (nSPS) is 14.2. The Balaban J connectivity index is 1.62. The van der Waals surface area contributed by atoms with Crippen molar-refractivity contribution >= 4 is 29.1 Å². The van der Waals surface area contributed by atoms with E-state index in [0.29, 0.717) is 56.4 Å². The van der Waals surface area contributed by atoms with Gasteiger partial charge in [0, 0.05) is 23.3 Å². The summed E-state index contributed by atoms with van der Waals surface area (Å²) in [5.74, 6) is 0.997. The van der Waals surface area contributed by atoms with Gasteiger partial charge in [0.15, 0.2) is 16.3 Å². The summed E-state index contributed by atoms with van der Waals surface area (Å²) in [6, 6.07) is 16.4. The van der Waals surface area contributed by atoms with Crippen LogP contribution in [-0.4, -0.2) is 34.8 Å². The minimum atomic E-state index is -0.826. The van der Waals surface area contributed by atoms with Gasteiger partial charge in [-0.1, -0.05) is 35.6 Å². The summed E-state index contributed by atoms with van der Waals surface area (Å²) < 4.78 is 25.8. The van der Waals surface area contributed by atoms with E-state index in [1.807, 2.05) is 51.1 Å².